The Morgan fingerprint density at radius 2 is 1.75 bits per heavy atom. The van der Waals surface area contributed by atoms with E-state index in [0.717, 1.165) is 16.3 Å². The molecule has 0 aromatic heterocycles. The third-order valence-corrected chi connectivity index (χ3v) is 3.32. The molecular weight excluding hydrogens is 220 g/mol. The van der Waals surface area contributed by atoms with Crippen molar-refractivity contribution in [3.05, 3.63) is 46.5 Å². The second-order valence-electron chi connectivity index (χ2n) is 4.17. The van der Waals surface area contributed by atoms with Crippen molar-refractivity contribution >= 4 is 27.6 Å². The Morgan fingerprint density at radius 1 is 1.06 bits per heavy atom. The molecule has 0 N–H and O–H groups in total. The van der Waals surface area contributed by atoms with Crippen LogP contribution in [0.5, 0.6) is 0 Å². The van der Waals surface area contributed by atoms with Gasteiger partial charge in [-0.05, 0) is 65.9 Å². The largest absolute Gasteiger partial charge is 0.276 e. The van der Waals surface area contributed by atoms with Crippen LogP contribution in [0.15, 0.2) is 24.3 Å². The van der Waals surface area contributed by atoms with Crippen molar-refractivity contribution in [1.82, 2.24) is 0 Å². The Kier molecular flexibility index (Phi) is 2.73. The van der Waals surface area contributed by atoms with Crippen molar-refractivity contribution in [1.29, 1.82) is 0 Å². The van der Waals surface area contributed by atoms with Crippen LogP contribution >= 0.6 is 11.6 Å². The number of carbonyl (C=O) groups is 1. The van der Waals surface area contributed by atoms with Gasteiger partial charge in [-0.25, -0.2) is 0 Å². The number of fused-ring (bicyclic) bond motifs is 1. The summed E-state index contributed by atoms with van der Waals surface area (Å²) < 4.78 is 0. The van der Waals surface area contributed by atoms with Crippen molar-refractivity contribution in [2.75, 3.05) is 0 Å². The Labute approximate surface area is 100 Å². The molecule has 2 heteroatoms. The fourth-order valence-corrected chi connectivity index (χ4v) is 2.16. The number of rotatable bonds is 1. The van der Waals surface area contributed by atoms with Gasteiger partial charge in [-0.15, -0.1) is 0 Å². The number of hydrogen-bond acceptors (Lipinski definition) is 1. The summed E-state index contributed by atoms with van der Waals surface area (Å²) in [6.45, 7) is 6.04. The molecule has 0 bridgehead atoms. The minimum atomic E-state index is -0.389. The molecule has 2 aromatic carbocycles. The van der Waals surface area contributed by atoms with E-state index in [1.165, 1.54) is 11.1 Å². The van der Waals surface area contributed by atoms with Crippen molar-refractivity contribution in [2.45, 2.75) is 20.8 Å². The number of hydrogen-bond donors (Lipinski definition) is 0. The molecule has 0 fully saturated rings. The zero-order valence-corrected chi connectivity index (χ0v) is 10.4. The Bertz CT molecular complexity index is 585. The van der Waals surface area contributed by atoms with Crippen LogP contribution in [0.4, 0.5) is 0 Å². The van der Waals surface area contributed by atoms with Crippen molar-refractivity contribution in [2.24, 2.45) is 0 Å². The molecule has 82 valence electrons. The molecule has 0 unspecified atom stereocenters. The van der Waals surface area contributed by atoms with Gasteiger partial charge in [0.15, 0.2) is 0 Å². The molecule has 0 heterocycles. The summed E-state index contributed by atoms with van der Waals surface area (Å²) in [6, 6.07) is 8.08. The summed E-state index contributed by atoms with van der Waals surface area (Å²) in [7, 11) is 0. The van der Waals surface area contributed by atoms with Crippen molar-refractivity contribution in [3.63, 3.8) is 0 Å². The second-order valence-corrected chi connectivity index (χ2v) is 4.51. The van der Waals surface area contributed by atoms with E-state index in [2.05, 4.69) is 26.0 Å². The Morgan fingerprint density at radius 3 is 2.38 bits per heavy atom. The van der Waals surface area contributed by atoms with E-state index < -0.39 is 0 Å². The lowest BCUT2D eigenvalue weighted by Gasteiger charge is -2.09. The first-order valence-electron chi connectivity index (χ1n) is 5.21. The van der Waals surface area contributed by atoms with Crippen LogP contribution in [-0.4, -0.2) is 5.24 Å². The topological polar surface area (TPSA) is 17.1 Å². The molecule has 0 spiro atoms. The summed E-state index contributed by atoms with van der Waals surface area (Å²) in [5.74, 6) is 0. The molecule has 0 atom stereocenters. The lowest BCUT2D eigenvalue weighted by atomic mass is 9.96. The number of aryl methyl sites for hydroxylation is 3. The summed E-state index contributed by atoms with van der Waals surface area (Å²) in [5.41, 5.74) is 3.96. The molecule has 0 saturated carbocycles. The molecule has 0 aliphatic heterocycles. The molecule has 0 amide bonds. The van der Waals surface area contributed by atoms with E-state index in [1.807, 2.05) is 19.1 Å². The highest BCUT2D eigenvalue weighted by atomic mass is 35.5. The third-order valence-electron chi connectivity index (χ3n) is 3.12. The van der Waals surface area contributed by atoms with Crippen LogP contribution in [0.3, 0.4) is 0 Å². The van der Waals surface area contributed by atoms with E-state index in [1.54, 1.807) is 0 Å². The maximum Gasteiger partial charge on any atom is 0.252 e. The second kappa shape index (κ2) is 3.91. The maximum atomic E-state index is 11.3. The molecular formula is C14H13ClO. The maximum absolute atomic E-state index is 11.3. The number of halogens is 1. The van der Waals surface area contributed by atoms with Crippen molar-refractivity contribution < 1.29 is 4.79 Å². The quantitative estimate of drug-likeness (QED) is 0.676. The highest BCUT2D eigenvalue weighted by molar-refractivity contribution is 6.68. The van der Waals surface area contributed by atoms with Gasteiger partial charge in [0.2, 0.25) is 0 Å². The van der Waals surface area contributed by atoms with E-state index in [-0.39, 0.29) is 5.24 Å². The zero-order chi connectivity index (χ0) is 11.9. The van der Waals surface area contributed by atoms with Crippen LogP contribution in [0.1, 0.15) is 27.0 Å². The fourth-order valence-electron chi connectivity index (χ4n) is 1.96. The first-order chi connectivity index (χ1) is 7.50. The van der Waals surface area contributed by atoms with Gasteiger partial charge in [0.05, 0.1) is 0 Å². The van der Waals surface area contributed by atoms with Gasteiger partial charge in [-0.1, -0.05) is 18.2 Å². The standard InChI is InChI=1S/C14H13ClO/c1-8-4-5-11-6-9(2)12(14(15)16)7-13(11)10(8)3/h4-7H,1-3H3. The fraction of sp³-hybridized carbons (Fsp3) is 0.214. The van der Waals surface area contributed by atoms with Gasteiger partial charge in [-0.2, -0.15) is 0 Å². The highest BCUT2D eigenvalue weighted by Crippen LogP contribution is 2.25. The molecule has 0 aliphatic rings. The van der Waals surface area contributed by atoms with Gasteiger partial charge < -0.3 is 0 Å². The first-order valence-corrected chi connectivity index (χ1v) is 5.59. The van der Waals surface area contributed by atoms with E-state index in [4.69, 9.17) is 11.6 Å². The average molecular weight is 233 g/mol. The lowest BCUT2D eigenvalue weighted by molar-refractivity contribution is 0.108. The van der Waals surface area contributed by atoms with Crippen LogP contribution in [0.2, 0.25) is 0 Å². The van der Waals surface area contributed by atoms with Gasteiger partial charge in [0.1, 0.15) is 0 Å². The zero-order valence-electron chi connectivity index (χ0n) is 9.60. The normalized spacial score (nSPS) is 10.8. The molecule has 0 radical (unpaired) electrons. The third kappa shape index (κ3) is 1.72. The van der Waals surface area contributed by atoms with E-state index in [9.17, 15) is 4.79 Å². The van der Waals surface area contributed by atoms with Crippen LogP contribution in [-0.2, 0) is 0 Å². The van der Waals surface area contributed by atoms with Crippen LogP contribution < -0.4 is 0 Å². The molecule has 0 aliphatic carbocycles. The van der Waals surface area contributed by atoms with Gasteiger partial charge in [0, 0.05) is 5.56 Å². The lowest BCUT2D eigenvalue weighted by Crippen LogP contribution is -1.95. The van der Waals surface area contributed by atoms with Crippen molar-refractivity contribution in [3.8, 4) is 0 Å². The van der Waals surface area contributed by atoms with Gasteiger partial charge in [-0.3, -0.25) is 4.79 Å². The van der Waals surface area contributed by atoms with E-state index >= 15 is 0 Å². The van der Waals surface area contributed by atoms with E-state index in [0.29, 0.717) is 5.56 Å². The summed E-state index contributed by atoms with van der Waals surface area (Å²) in [6.07, 6.45) is 0. The molecule has 2 aromatic rings. The number of carbonyl (C=O) groups excluding carboxylic acids is 1. The summed E-state index contributed by atoms with van der Waals surface area (Å²) in [5, 5.41) is 1.87. The number of benzene rings is 2. The molecule has 1 nitrogen and oxygen atoms in total. The summed E-state index contributed by atoms with van der Waals surface area (Å²) >= 11 is 5.56. The van der Waals surface area contributed by atoms with Crippen LogP contribution in [0, 0.1) is 20.8 Å². The smallest absolute Gasteiger partial charge is 0.252 e. The minimum absolute atomic E-state index is 0.389. The highest BCUT2D eigenvalue weighted by Gasteiger charge is 2.09. The minimum Gasteiger partial charge on any atom is -0.276 e. The monoisotopic (exact) mass is 232 g/mol. The average Bonchev–Trinajstić information content (AvgIpc) is 2.23. The SMILES string of the molecule is Cc1cc2ccc(C)c(C)c2cc1C(=O)Cl. The van der Waals surface area contributed by atoms with Gasteiger partial charge >= 0.3 is 0 Å². The Balaban J connectivity index is 2.86. The predicted octanol–water partition coefficient (Wildman–Crippen LogP) is 4.14. The summed E-state index contributed by atoms with van der Waals surface area (Å²) in [4.78, 5) is 11.3. The molecule has 2 rings (SSSR count). The van der Waals surface area contributed by atoms with Crippen LogP contribution in [0.25, 0.3) is 10.8 Å². The molecule has 0 saturated heterocycles. The van der Waals surface area contributed by atoms with Gasteiger partial charge in [0.25, 0.3) is 5.24 Å². The predicted molar refractivity (Wildman–Crippen MR) is 68.3 cm³/mol. The Hall–Kier alpha value is -1.34. The molecule has 16 heavy (non-hydrogen) atoms. The first kappa shape index (κ1) is 11.2.